The van der Waals surface area contributed by atoms with Crippen LogP contribution < -0.4 is 0 Å². The van der Waals surface area contributed by atoms with Crippen LogP contribution in [0.2, 0.25) is 0 Å². The molecular formula is C32H22N2. The van der Waals surface area contributed by atoms with E-state index >= 15 is 0 Å². The predicted molar refractivity (Wildman–Crippen MR) is 141 cm³/mol. The van der Waals surface area contributed by atoms with E-state index < -0.39 is 0 Å². The molecule has 0 unspecified atom stereocenters. The monoisotopic (exact) mass is 434 g/mol. The van der Waals surface area contributed by atoms with Crippen LogP contribution in [-0.2, 0) is 0 Å². The zero-order valence-electron chi connectivity index (χ0n) is 18.6. The van der Waals surface area contributed by atoms with E-state index in [1.165, 1.54) is 0 Å². The van der Waals surface area contributed by atoms with Gasteiger partial charge in [-0.2, -0.15) is 0 Å². The highest BCUT2D eigenvalue weighted by Gasteiger charge is 2.13. The van der Waals surface area contributed by atoms with Gasteiger partial charge in [-0.3, -0.25) is 0 Å². The first-order chi connectivity index (χ1) is 16.8. The maximum absolute atomic E-state index is 5.86. The molecule has 0 aromatic heterocycles. The summed E-state index contributed by atoms with van der Waals surface area (Å²) in [6.45, 7) is 0. The minimum absolute atomic E-state index is 0.693. The van der Waals surface area contributed by atoms with E-state index in [2.05, 4.69) is 60.5 Å². The number of hydrogen-bond donors (Lipinski definition) is 0. The molecule has 0 radical (unpaired) electrons. The smallest absolute Gasteiger partial charge is 0.109 e. The highest BCUT2D eigenvalue weighted by atomic mass is 15.1. The van der Waals surface area contributed by atoms with Crippen molar-refractivity contribution in [3.05, 3.63) is 133 Å². The minimum atomic E-state index is 0.693. The van der Waals surface area contributed by atoms with Crippen LogP contribution >= 0.6 is 0 Å². The number of nitrogens with zero attached hydrogens (tertiary/aromatic N) is 2. The summed E-state index contributed by atoms with van der Waals surface area (Å²) in [5, 5.41) is 9.63. The summed E-state index contributed by atoms with van der Waals surface area (Å²) in [6, 6.07) is 42.8. The molecule has 0 saturated carbocycles. The lowest BCUT2D eigenvalue weighted by Gasteiger charge is -2.12. The Labute approximate surface area is 200 Å². The van der Waals surface area contributed by atoms with Crippen molar-refractivity contribution in [2.45, 2.75) is 0 Å². The molecule has 0 heterocycles. The maximum atomic E-state index is 5.86. The lowest BCUT2D eigenvalue weighted by molar-refractivity contribution is 1.23. The molecule has 5 rings (SSSR count). The van der Waals surface area contributed by atoms with Gasteiger partial charge < -0.3 is 0 Å². The van der Waals surface area contributed by atoms with Crippen molar-refractivity contribution in [2.24, 2.45) is 10.2 Å². The van der Waals surface area contributed by atoms with Crippen molar-refractivity contribution < 1.29 is 0 Å². The van der Waals surface area contributed by atoms with Gasteiger partial charge in [0, 0.05) is 16.7 Å². The average Bonchev–Trinajstić information content (AvgIpc) is 2.93. The molecular weight excluding hydrogens is 412 g/mol. The molecule has 0 spiro atoms. The first kappa shape index (κ1) is 21.1. The van der Waals surface area contributed by atoms with Gasteiger partial charge in [-0.15, -0.1) is 16.7 Å². The number of hydrogen-bond acceptors (Lipinski definition) is 2. The lowest BCUT2D eigenvalue weighted by atomic mass is 9.96. The quantitative estimate of drug-likeness (QED) is 0.195. The molecule has 0 amide bonds. The minimum Gasteiger partial charge on any atom is -0.149 e. The van der Waals surface area contributed by atoms with Crippen LogP contribution in [0.1, 0.15) is 5.56 Å². The molecule has 0 aliphatic heterocycles. The van der Waals surface area contributed by atoms with E-state index in [-0.39, 0.29) is 0 Å². The van der Waals surface area contributed by atoms with Gasteiger partial charge in [0.25, 0.3) is 0 Å². The fourth-order valence-electron chi connectivity index (χ4n) is 4.07. The molecule has 34 heavy (non-hydrogen) atoms. The van der Waals surface area contributed by atoms with E-state index in [1.54, 1.807) is 0 Å². The number of benzene rings is 5. The van der Waals surface area contributed by atoms with Crippen molar-refractivity contribution in [2.75, 3.05) is 0 Å². The molecule has 5 aromatic rings. The Balaban J connectivity index is 1.72. The number of azo groups is 1. The first-order valence-electron chi connectivity index (χ1n) is 11.2. The van der Waals surface area contributed by atoms with Crippen molar-refractivity contribution >= 4 is 11.4 Å². The Morgan fingerprint density at radius 1 is 0.412 bits per heavy atom. The second-order valence-corrected chi connectivity index (χ2v) is 7.85. The Morgan fingerprint density at radius 2 is 0.794 bits per heavy atom. The van der Waals surface area contributed by atoms with Gasteiger partial charge in [0.1, 0.15) is 11.4 Å². The Bertz CT molecular complexity index is 1420. The van der Waals surface area contributed by atoms with Crippen molar-refractivity contribution in [3.63, 3.8) is 0 Å². The fraction of sp³-hybridized carbons (Fsp3) is 0. The fourth-order valence-corrected chi connectivity index (χ4v) is 4.07. The largest absolute Gasteiger partial charge is 0.149 e. The molecule has 160 valence electrons. The highest BCUT2D eigenvalue weighted by Crippen LogP contribution is 2.41. The molecule has 0 N–H and O–H groups in total. The third kappa shape index (κ3) is 4.28. The topological polar surface area (TPSA) is 24.7 Å². The van der Waals surface area contributed by atoms with E-state index in [4.69, 9.17) is 16.7 Å². The van der Waals surface area contributed by atoms with Gasteiger partial charge in [-0.05, 0) is 22.8 Å². The van der Waals surface area contributed by atoms with Crippen molar-refractivity contribution in [3.8, 4) is 45.7 Å². The predicted octanol–water partition coefficient (Wildman–Crippen LogP) is 9.08. The second kappa shape index (κ2) is 9.81. The number of rotatable bonds is 5. The zero-order chi connectivity index (χ0) is 23.2. The molecule has 2 heteroatoms. The standard InChI is InChI=1S/C32H22N2/c1-2-24-20-12-21-28(25-14-6-3-7-15-25)31(24)33-34-32-29(26-16-8-4-9-17-26)22-13-23-30(32)27-18-10-5-11-19-27/h1,3-23H. The SMILES string of the molecule is C#Cc1cccc(-c2ccccc2)c1N=Nc1c(-c2ccccc2)cccc1-c1ccccc1. The molecule has 0 aliphatic carbocycles. The molecule has 0 atom stereocenters. The molecule has 0 saturated heterocycles. The average molecular weight is 435 g/mol. The van der Waals surface area contributed by atoms with E-state index in [0.29, 0.717) is 11.3 Å². The van der Waals surface area contributed by atoms with E-state index in [1.807, 2.05) is 72.8 Å². The summed E-state index contributed by atoms with van der Waals surface area (Å²) in [5.41, 5.74) is 8.43. The Morgan fingerprint density at radius 3 is 1.24 bits per heavy atom. The van der Waals surface area contributed by atoms with E-state index in [9.17, 15) is 0 Å². The van der Waals surface area contributed by atoms with Gasteiger partial charge in [-0.25, -0.2) is 0 Å². The second-order valence-electron chi connectivity index (χ2n) is 7.85. The lowest BCUT2D eigenvalue weighted by Crippen LogP contribution is -1.85. The summed E-state index contributed by atoms with van der Waals surface area (Å²) in [6.07, 6.45) is 5.86. The highest BCUT2D eigenvalue weighted by molar-refractivity contribution is 5.88. The molecule has 0 bridgehead atoms. The van der Waals surface area contributed by atoms with Gasteiger partial charge in [-0.1, -0.05) is 127 Å². The normalized spacial score (nSPS) is 10.8. The summed E-state index contributed by atoms with van der Waals surface area (Å²) in [4.78, 5) is 0. The van der Waals surface area contributed by atoms with Gasteiger partial charge in [0.05, 0.1) is 5.56 Å². The Hall–Kier alpha value is -4.74. The van der Waals surface area contributed by atoms with Crippen LogP contribution in [0.4, 0.5) is 11.4 Å². The van der Waals surface area contributed by atoms with Gasteiger partial charge in [0.2, 0.25) is 0 Å². The van der Waals surface area contributed by atoms with Crippen LogP contribution in [0.15, 0.2) is 138 Å². The summed E-state index contributed by atoms with van der Waals surface area (Å²) in [5.74, 6) is 2.78. The molecule has 0 fully saturated rings. The molecule has 5 aromatic carbocycles. The van der Waals surface area contributed by atoms with Crippen molar-refractivity contribution in [1.82, 2.24) is 0 Å². The molecule has 0 aliphatic rings. The van der Waals surface area contributed by atoms with Gasteiger partial charge in [0.15, 0.2) is 0 Å². The van der Waals surface area contributed by atoms with Crippen LogP contribution in [0, 0.1) is 12.3 Å². The molecule has 2 nitrogen and oxygen atoms in total. The third-order valence-corrected chi connectivity index (χ3v) is 5.73. The summed E-state index contributed by atoms with van der Waals surface area (Å²) in [7, 11) is 0. The van der Waals surface area contributed by atoms with Gasteiger partial charge >= 0.3 is 0 Å². The maximum Gasteiger partial charge on any atom is 0.109 e. The van der Waals surface area contributed by atoms with Crippen LogP contribution in [0.3, 0.4) is 0 Å². The van der Waals surface area contributed by atoms with Crippen LogP contribution in [-0.4, -0.2) is 0 Å². The summed E-state index contributed by atoms with van der Waals surface area (Å²) >= 11 is 0. The van der Waals surface area contributed by atoms with E-state index in [0.717, 1.165) is 39.1 Å². The van der Waals surface area contributed by atoms with Crippen LogP contribution in [0.25, 0.3) is 33.4 Å². The van der Waals surface area contributed by atoms with Crippen LogP contribution in [0.5, 0.6) is 0 Å². The summed E-state index contributed by atoms with van der Waals surface area (Å²) < 4.78 is 0. The first-order valence-corrected chi connectivity index (χ1v) is 11.2. The third-order valence-electron chi connectivity index (χ3n) is 5.73. The number of terminal acetylenes is 1. The Kier molecular flexibility index (Phi) is 6.10. The van der Waals surface area contributed by atoms with Crippen molar-refractivity contribution in [1.29, 1.82) is 0 Å². The zero-order valence-corrected chi connectivity index (χ0v) is 18.6.